The van der Waals surface area contributed by atoms with Gasteiger partial charge in [-0.1, -0.05) is 29.8 Å². The molecular formula is C16H21N3. The van der Waals surface area contributed by atoms with Crippen LogP contribution in [-0.4, -0.2) is 22.9 Å². The molecule has 1 aliphatic rings. The molecule has 1 aromatic carbocycles. The lowest BCUT2D eigenvalue weighted by atomic mass is 9.90. The van der Waals surface area contributed by atoms with Crippen molar-refractivity contribution in [2.24, 2.45) is 7.05 Å². The number of hydrogen-bond acceptors (Lipinski definition) is 2. The Morgan fingerprint density at radius 3 is 2.53 bits per heavy atom. The van der Waals surface area contributed by atoms with Gasteiger partial charge in [0.1, 0.15) is 0 Å². The molecule has 0 saturated carbocycles. The fraction of sp³-hybridized carbons (Fsp3) is 0.438. The van der Waals surface area contributed by atoms with E-state index >= 15 is 0 Å². The van der Waals surface area contributed by atoms with Crippen LogP contribution in [0.2, 0.25) is 0 Å². The van der Waals surface area contributed by atoms with E-state index in [2.05, 4.69) is 42.7 Å². The Balaban J connectivity index is 1.98. The number of rotatable bonds is 2. The van der Waals surface area contributed by atoms with Gasteiger partial charge in [-0.3, -0.25) is 4.68 Å². The van der Waals surface area contributed by atoms with Crippen molar-refractivity contribution in [1.29, 1.82) is 0 Å². The second-order valence-electron chi connectivity index (χ2n) is 5.49. The highest BCUT2D eigenvalue weighted by atomic mass is 15.3. The maximum atomic E-state index is 4.72. The molecule has 2 aromatic rings. The fourth-order valence-electron chi connectivity index (χ4n) is 2.86. The predicted molar refractivity (Wildman–Crippen MR) is 78.2 cm³/mol. The second-order valence-corrected chi connectivity index (χ2v) is 5.49. The van der Waals surface area contributed by atoms with E-state index in [1.807, 2.05) is 11.7 Å². The van der Waals surface area contributed by atoms with Gasteiger partial charge in [0, 0.05) is 24.7 Å². The lowest BCUT2D eigenvalue weighted by Crippen LogP contribution is -2.27. The standard InChI is InChI=1S/C16H21N3/c1-12-3-5-13(6-4-12)15-11-19(2)18-16(15)14-7-9-17-10-8-14/h3-6,11,14,17H,7-10H2,1-2H3. The normalized spacial score (nSPS) is 16.7. The first-order chi connectivity index (χ1) is 9.24. The quantitative estimate of drug-likeness (QED) is 0.894. The van der Waals surface area contributed by atoms with Crippen molar-refractivity contribution < 1.29 is 0 Å². The van der Waals surface area contributed by atoms with Gasteiger partial charge in [0.25, 0.3) is 0 Å². The molecule has 1 fully saturated rings. The summed E-state index contributed by atoms with van der Waals surface area (Å²) in [5, 5.41) is 8.15. The van der Waals surface area contributed by atoms with E-state index in [1.165, 1.54) is 35.2 Å². The maximum Gasteiger partial charge on any atom is 0.0734 e. The summed E-state index contributed by atoms with van der Waals surface area (Å²) in [7, 11) is 2.02. The van der Waals surface area contributed by atoms with Crippen LogP contribution in [-0.2, 0) is 7.05 Å². The Labute approximate surface area is 114 Å². The van der Waals surface area contributed by atoms with E-state index in [9.17, 15) is 0 Å². The van der Waals surface area contributed by atoms with E-state index < -0.39 is 0 Å². The maximum absolute atomic E-state index is 4.72. The molecule has 100 valence electrons. The number of nitrogens with one attached hydrogen (secondary N) is 1. The van der Waals surface area contributed by atoms with Crippen LogP contribution in [0.15, 0.2) is 30.5 Å². The summed E-state index contributed by atoms with van der Waals surface area (Å²) in [6, 6.07) is 8.76. The van der Waals surface area contributed by atoms with Crippen LogP contribution in [0.1, 0.15) is 30.0 Å². The average Bonchev–Trinajstić information content (AvgIpc) is 2.83. The molecule has 2 heterocycles. The Hall–Kier alpha value is -1.61. The van der Waals surface area contributed by atoms with Crippen molar-refractivity contribution in [3.05, 3.63) is 41.7 Å². The number of piperidine rings is 1. The molecule has 0 aliphatic carbocycles. The third kappa shape index (κ3) is 2.56. The zero-order valence-corrected chi connectivity index (χ0v) is 11.7. The molecule has 0 atom stereocenters. The Bertz CT molecular complexity index is 548. The van der Waals surface area contributed by atoms with E-state index in [-0.39, 0.29) is 0 Å². The summed E-state index contributed by atoms with van der Waals surface area (Å²) in [5.41, 5.74) is 5.16. The average molecular weight is 255 g/mol. The molecular weight excluding hydrogens is 234 g/mol. The highest BCUT2D eigenvalue weighted by molar-refractivity contribution is 5.66. The first kappa shape index (κ1) is 12.4. The van der Waals surface area contributed by atoms with Crippen LogP contribution in [0, 0.1) is 6.92 Å². The molecule has 3 nitrogen and oxygen atoms in total. The van der Waals surface area contributed by atoms with Gasteiger partial charge in [0.2, 0.25) is 0 Å². The predicted octanol–water partition coefficient (Wildman–Crippen LogP) is 2.86. The third-order valence-electron chi connectivity index (χ3n) is 3.95. The topological polar surface area (TPSA) is 29.9 Å². The molecule has 1 N–H and O–H groups in total. The minimum atomic E-state index is 0.596. The zero-order chi connectivity index (χ0) is 13.2. The van der Waals surface area contributed by atoms with E-state index in [1.54, 1.807) is 0 Å². The van der Waals surface area contributed by atoms with Crippen LogP contribution < -0.4 is 5.32 Å². The van der Waals surface area contributed by atoms with Crippen LogP contribution >= 0.6 is 0 Å². The SMILES string of the molecule is Cc1ccc(-c2cn(C)nc2C2CCNCC2)cc1. The van der Waals surface area contributed by atoms with Crippen molar-refractivity contribution in [3.8, 4) is 11.1 Å². The molecule has 1 aromatic heterocycles. The van der Waals surface area contributed by atoms with E-state index in [0.717, 1.165) is 13.1 Å². The summed E-state index contributed by atoms with van der Waals surface area (Å²) in [5.74, 6) is 0.596. The Kier molecular flexibility index (Phi) is 3.38. The molecule has 0 bridgehead atoms. The van der Waals surface area contributed by atoms with Crippen molar-refractivity contribution in [2.75, 3.05) is 13.1 Å². The lowest BCUT2D eigenvalue weighted by molar-refractivity contribution is 0.450. The molecule has 0 amide bonds. The molecule has 3 rings (SSSR count). The van der Waals surface area contributed by atoms with Gasteiger partial charge in [-0.25, -0.2) is 0 Å². The first-order valence-electron chi connectivity index (χ1n) is 7.05. The first-order valence-corrected chi connectivity index (χ1v) is 7.05. The van der Waals surface area contributed by atoms with Gasteiger partial charge >= 0.3 is 0 Å². The van der Waals surface area contributed by atoms with Crippen LogP contribution in [0.25, 0.3) is 11.1 Å². The summed E-state index contributed by atoms with van der Waals surface area (Å²) in [6.45, 7) is 4.34. The Morgan fingerprint density at radius 1 is 1.16 bits per heavy atom. The fourth-order valence-corrected chi connectivity index (χ4v) is 2.86. The van der Waals surface area contributed by atoms with Gasteiger partial charge in [0.15, 0.2) is 0 Å². The monoisotopic (exact) mass is 255 g/mol. The van der Waals surface area contributed by atoms with Crippen molar-refractivity contribution >= 4 is 0 Å². The zero-order valence-electron chi connectivity index (χ0n) is 11.7. The van der Waals surface area contributed by atoms with Crippen molar-refractivity contribution in [3.63, 3.8) is 0 Å². The summed E-state index contributed by atoms with van der Waals surface area (Å²) >= 11 is 0. The van der Waals surface area contributed by atoms with E-state index in [0.29, 0.717) is 5.92 Å². The Morgan fingerprint density at radius 2 is 1.84 bits per heavy atom. The molecule has 1 saturated heterocycles. The second kappa shape index (κ2) is 5.17. The van der Waals surface area contributed by atoms with Crippen molar-refractivity contribution in [1.82, 2.24) is 15.1 Å². The van der Waals surface area contributed by atoms with Gasteiger partial charge in [0.05, 0.1) is 5.69 Å². The smallest absolute Gasteiger partial charge is 0.0734 e. The van der Waals surface area contributed by atoms with Gasteiger partial charge in [-0.2, -0.15) is 5.10 Å². The highest BCUT2D eigenvalue weighted by Crippen LogP contribution is 2.32. The molecule has 19 heavy (non-hydrogen) atoms. The third-order valence-corrected chi connectivity index (χ3v) is 3.95. The van der Waals surface area contributed by atoms with Gasteiger partial charge in [-0.15, -0.1) is 0 Å². The van der Waals surface area contributed by atoms with Crippen LogP contribution in [0.5, 0.6) is 0 Å². The number of nitrogens with zero attached hydrogens (tertiary/aromatic N) is 2. The minimum Gasteiger partial charge on any atom is -0.317 e. The van der Waals surface area contributed by atoms with Gasteiger partial charge in [-0.05, 0) is 38.4 Å². The summed E-state index contributed by atoms with van der Waals surface area (Å²) in [4.78, 5) is 0. The molecule has 3 heteroatoms. The number of aryl methyl sites for hydroxylation is 2. The molecule has 0 unspecified atom stereocenters. The number of benzene rings is 1. The lowest BCUT2D eigenvalue weighted by Gasteiger charge is -2.22. The number of hydrogen-bond donors (Lipinski definition) is 1. The van der Waals surface area contributed by atoms with Crippen molar-refractivity contribution in [2.45, 2.75) is 25.7 Å². The molecule has 0 radical (unpaired) electrons. The summed E-state index contributed by atoms with van der Waals surface area (Å²) < 4.78 is 1.95. The highest BCUT2D eigenvalue weighted by Gasteiger charge is 2.21. The molecule has 1 aliphatic heterocycles. The van der Waals surface area contributed by atoms with Crippen LogP contribution in [0.3, 0.4) is 0 Å². The van der Waals surface area contributed by atoms with E-state index in [4.69, 9.17) is 5.10 Å². The minimum absolute atomic E-state index is 0.596. The number of aromatic nitrogens is 2. The summed E-state index contributed by atoms with van der Waals surface area (Å²) in [6.07, 6.45) is 4.54. The van der Waals surface area contributed by atoms with Crippen LogP contribution in [0.4, 0.5) is 0 Å². The molecule has 0 spiro atoms. The largest absolute Gasteiger partial charge is 0.317 e. The van der Waals surface area contributed by atoms with Gasteiger partial charge < -0.3 is 5.32 Å².